The average molecular weight is 550 g/mol. The summed E-state index contributed by atoms with van der Waals surface area (Å²) in [5, 5.41) is 16.2. The second kappa shape index (κ2) is 14.0. The van der Waals surface area contributed by atoms with Gasteiger partial charge in [-0.25, -0.2) is 4.79 Å². The smallest absolute Gasteiger partial charge is 0.407 e. The van der Waals surface area contributed by atoms with E-state index < -0.39 is 6.09 Å². The molecule has 2 fully saturated rings. The largest absolute Gasteiger partial charge is 0.465 e. The fourth-order valence-corrected chi connectivity index (χ4v) is 6.02. The monoisotopic (exact) mass is 549 g/mol. The molecule has 8 nitrogen and oxygen atoms in total. The van der Waals surface area contributed by atoms with E-state index in [1.165, 1.54) is 21.6 Å². The van der Waals surface area contributed by atoms with E-state index in [1.54, 1.807) is 7.05 Å². The summed E-state index contributed by atoms with van der Waals surface area (Å²) in [7, 11) is 3.52. The molecular formula is C32H47N5O3. The fourth-order valence-electron chi connectivity index (χ4n) is 6.02. The van der Waals surface area contributed by atoms with Crippen molar-refractivity contribution in [2.24, 2.45) is 5.92 Å². The molecule has 0 spiro atoms. The molecule has 1 heterocycles. The molecule has 3 N–H and O–H groups in total. The number of carbonyl (C=O) groups is 2. The molecule has 4 rings (SSSR count). The van der Waals surface area contributed by atoms with Crippen LogP contribution in [-0.4, -0.2) is 79.3 Å². The van der Waals surface area contributed by atoms with E-state index in [2.05, 4.69) is 71.8 Å². The van der Waals surface area contributed by atoms with Gasteiger partial charge in [-0.3, -0.25) is 9.69 Å². The number of nitrogens with one attached hydrogen (secondary N) is 2. The van der Waals surface area contributed by atoms with E-state index in [-0.39, 0.29) is 11.8 Å². The Labute approximate surface area is 239 Å². The molecule has 2 amide bonds. The van der Waals surface area contributed by atoms with E-state index in [0.29, 0.717) is 18.6 Å². The molecule has 1 saturated heterocycles. The maximum absolute atomic E-state index is 13.4. The highest BCUT2D eigenvalue weighted by Gasteiger charge is 2.29. The molecule has 218 valence electrons. The number of anilines is 2. The van der Waals surface area contributed by atoms with Crippen molar-refractivity contribution in [2.75, 3.05) is 50.5 Å². The molecule has 0 radical (unpaired) electrons. The number of carbonyl (C=O) groups excluding carboxylic acids is 1. The van der Waals surface area contributed by atoms with Crippen LogP contribution in [0.25, 0.3) is 0 Å². The van der Waals surface area contributed by atoms with Crippen molar-refractivity contribution in [3.63, 3.8) is 0 Å². The third-order valence-electron chi connectivity index (χ3n) is 8.55. The number of amides is 2. The molecule has 2 aromatic carbocycles. The van der Waals surface area contributed by atoms with Crippen LogP contribution >= 0.6 is 0 Å². The number of rotatable bonds is 10. The van der Waals surface area contributed by atoms with E-state index in [9.17, 15) is 9.59 Å². The highest BCUT2D eigenvalue weighted by Crippen LogP contribution is 2.30. The summed E-state index contributed by atoms with van der Waals surface area (Å²) in [6, 6.07) is 15.8. The van der Waals surface area contributed by atoms with Crippen LogP contribution in [0.3, 0.4) is 0 Å². The summed E-state index contributed by atoms with van der Waals surface area (Å²) in [4.78, 5) is 30.1. The van der Waals surface area contributed by atoms with Gasteiger partial charge in [0, 0.05) is 76.2 Å². The third-order valence-corrected chi connectivity index (χ3v) is 8.55. The third kappa shape index (κ3) is 8.21. The van der Waals surface area contributed by atoms with Gasteiger partial charge < -0.3 is 25.5 Å². The quantitative estimate of drug-likeness (QED) is 0.388. The lowest BCUT2D eigenvalue weighted by Crippen LogP contribution is -2.48. The van der Waals surface area contributed by atoms with Crippen molar-refractivity contribution in [2.45, 2.75) is 71.0 Å². The van der Waals surface area contributed by atoms with Crippen LogP contribution in [0, 0.1) is 12.8 Å². The number of benzene rings is 2. The fraction of sp³-hybridized carbons (Fsp3) is 0.562. The number of hydrogen-bond acceptors (Lipinski definition) is 5. The van der Waals surface area contributed by atoms with Gasteiger partial charge in [-0.15, -0.1) is 0 Å². The van der Waals surface area contributed by atoms with E-state index in [4.69, 9.17) is 5.11 Å². The maximum Gasteiger partial charge on any atom is 0.407 e. The molecule has 2 aromatic rings. The van der Waals surface area contributed by atoms with Crippen LogP contribution in [-0.2, 0) is 17.8 Å². The van der Waals surface area contributed by atoms with E-state index in [0.717, 1.165) is 76.1 Å². The summed E-state index contributed by atoms with van der Waals surface area (Å²) in [5.41, 5.74) is 5.86. The van der Waals surface area contributed by atoms with Crippen molar-refractivity contribution in [3.8, 4) is 0 Å². The maximum atomic E-state index is 13.4. The van der Waals surface area contributed by atoms with Gasteiger partial charge >= 0.3 is 6.09 Å². The zero-order valence-corrected chi connectivity index (χ0v) is 24.7. The van der Waals surface area contributed by atoms with Crippen LogP contribution in [0.15, 0.2) is 42.5 Å². The molecule has 8 heteroatoms. The Kier molecular flexibility index (Phi) is 10.5. The predicted octanol–water partition coefficient (Wildman–Crippen LogP) is 4.96. The summed E-state index contributed by atoms with van der Waals surface area (Å²) >= 11 is 0. The molecule has 1 aliphatic heterocycles. The van der Waals surface area contributed by atoms with Gasteiger partial charge in [0.1, 0.15) is 0 Å². The second-order valence-corrected chi connectivity index (χ2v) is 11.8. The second-order valence-electron chi connectivity index (χ2n) is 11.8. The van der Waals surface area contributed by atoms with Crippen molar-refractivity contribution >= 4 is 23.4 Å². The number of hydrogen-bond donors (Lipinski definition) is 3. The van der Waals surface area contributed by atoms with Gasteiger partial charge in [0.05, 0.1) is 0 Å². The van der Waals surface area contributed by atoms with Gasteiger partial charge in [-0.1, -0.05) is 18.2 Å². The Morgan fingerprint density at radius 2 is 1.88 bits per heavy atom. The average Bonchev–Trinajstić information content (AvgIpc) is 2.94. The molecule has 1 aliphatic carbocycles. The minimum absolute atomic E-state index is 0.0583. The lowest BCUT2D eigenvalue weighted by atomic mass is 9.85. The van der Waals surface area contributed by atoms with Crippen molar-refractivity contribution in [1.82, 2.24) is 15.1 Å². The Balaban J connectivity index is 1.24. The Morgan fingerprint density at radius 1 is 1.10 bits per heavy atom. The number of carboxylic acid groups (broad SMARTS) is 1. The van der Waals surface area contributed by atoms with Gasteiger partial charge in [0.15, 0.2) is 0 Å². The first-order valence-electron chi connectivity index (χ1n) is 14.8. The summed E-state index contributed by atoms with van der Waals surface area (Å²) in [6.45, 7) is 9.04. The Hall–Kier alpha value is -3.10. The predicted molar refractivity (Wildman–Crippen MR) is 162 cm³/mol. The molecule has 0 aromatic heterocycles. The Morgan fingerprint density at radius 3 is 2.58 bits per heavy atom. The highest BCUT2D eigenvalue weighted by atomic mass is 16.4. The van der Waals surface area contributed by atoms with Crippen molar-refractivity contribution in [1.29, 1.82) is 0 Å². The molecule has 0 bridgehead atoms. The van der Waals surface area contributed by atoms with Crippen LogP contribution in [0.1, 0.15) is 55.7 Å². The lowest BCUT2D eigenvalue weighted by Gasteiger charge is -2.33. The van der Waals surface area contributed by atoms with E-state index in [1.807, 2.05) is 11.9 Å². The standard InChI is InChI=1S/C32H47N5O3/c1-23-19-30(15-12-27(23)22-37-18-16-33-24(2)21-37)36(4)31(38)26-10-13-28(14-11-26)34-29-9-5-7-25(20-29)8-6-17-35(3)32(39)40/h5,7,9,12,15,19-20,24,26,28,33-34H,6,8,10-11,13-14,16-18,21-22H2,1-4H3,(H,39,40)/t24-,26-,28-/m0/s1. The normalized spacial score (nSPS) is 21.6. The molecule has 1 atom stereocenters. The molecular weight excluding hydrogens is 502 g/mol. The first-order chi connectivity index (χ1) is 19.2. The SMILES string of the molecule is Cc1cc(N(C)C(=O)[C@H]2CC[C@H](Nc3cccc(CCCN(C)C(=O)O)c3)CC2)ccc1CN1CCN[C@@H](C)C1. The molecule has 40 heavy (non-hydrogen) atoms. The molecule has 1 saturated carbocycles. The van der Waals surface area contributed by atoms with Crippen LogP contribution in [0.5, 0.6) is 0 Å². The zero-order chi connectivity index (χ0) is 28.6. The summed E-state index contributed by atoms with van der Waals surface area (Å²) in [6.07, 6.45) is 4.47. The lowest BCUT2D eigenvalue weighted by molar-refractivity contribution is -0.123. The van der Waals surface area contributed by atoms with Gasteiger partial charge in [0.25, 0.3) is 0 Å². The number of nitrogens with zero attached hydrogens (tertiary/aromatic N) is 3. The first-order valence-corrected chi connectivity index (χ1v) is 14.8. The van der Waals surface area contributed by atoms with Gasteiger partial charge in [-0.05, 0) is 93.3 Å². The highest BCUT2D eigenvalue weighted by molar-refractivity contribution is 5.94. The number of aryl methyl sites for hydroxylation is 2. The van der Waals surface area contributed by atoms with Gasteiger partial charge in [-0.2, -0.15) is 0 Å². The van der Waals surface area contributed by atoms with Crippen LogP contribution in [0.4, 0.5) is 16.2 Å². The number of piperazine rings is 1. The van der Waals surface area contributed by atoms with Crippen molar-refractivity contribution < 1.29 is 14.7 Å². The molecule has 2 aliphatic rings. The molecule has 0 unspecified atom stereocenters. The summed E-state index contributed by atoms with van der Waals surface area (Å²) in [5.74, 6) is 0.276. The van der Waals surface area contributed by atoms with Crippen LogP contribution in [0.2, 0.25) is 0 Å². The topological polar surface area (TPSA) is 88.2 Å². The zero-order valence-electron chi connectivity index (χ0n) is 24.7. The van der Waals surface area contributed by atoms with Crippen molar-refractivity contribution in [3.05, 3.63) is 59.2 Å². The van der Waals surface area contributed by atoms with E-state index >= 15 is 0 Å². The first kappa shape index (κ1) is 29.9. The summed E-state index contributed by atoms with van der Waals surface area (Å²) < 4.78 is 0. The minimum Gasteiger partial charge on any atom is -0.465 e. The van der Waals surface area contributed by atoms with Crippen LogP contribution < -0.4 is 15.5 Å². The minimum atomic E-state index is -0.889. The Bertz CT molecular complexity index is 1150. The van der Waals surface area contributed by atoms with Gasteiger partial charge in [0.2, 0.25) is 5.91 Å².